The number of rotatable bonds is 1. The second kappa shape index (κ2) is 1.58. The molecule has 0 aromatic carbocycles. The molecule has 0 atom stereocenters. The molecule has 3 aliphatic carbocycles. The van der Waals surface area contributed by atoms with Crippen LogP contribution in [0.2, 0.25) is 0 Å². The van der Waals surface area contributed by atoms with Crippen molar-refractivity contribution in [2.24, 2.45) is 5.41 Å². The Labute approximate surface area is 65.2 Å². The van der Waals surface area contributed by atoms with Crippen LogP contribution in [0.5, 0.6) is 0 Å². The first-order valence-electron chi connectivity index (χ1n) is 3.64. The zero-order valence-corrected chi connectivity index (χ0v) is 6.39. The van der Waals surface area contributed by atoms with Crippen molar-refractivity contribution in [2.75, 3.05) is 7.11 Å². The van der Waals surface area contributed by atoms with Crippen LogP contribution in [-0.4, -0.2) is 18.6 Å². The van der Waals surface area contributed by atoms with Crippen molar-refractivity contribution < 1.29 is 9.53 Å². The van der Waals surface area contributed by atoms with Gasteiger partial charge in [0.1, 0.15) is 0 Å². The molecule has 3 aliphatic rings. The number of nitrogens with zero attached hydrogens (tertiary/aromatic N) is 1. The van der Waals surface area contributed by atoms with Gasteiger partial charge in [0.05, 0.1) is 12.5 Å². The summed E-state index contributed by atoms with van der Waals surface area (Å²) >= 11 is 0. The summed E-state index contributed by atoms with van der Waals surface area (Å²) in [4.78, 5) is 14.6. The fourth-order valence-corrected chi connectivity index (χ4v) is 2.29. The van der Waals surface area contributed by atoms with Crippen molar-refractivity contribution in [3.05, 3.63) is 11.4 Å². The summed E-state index contributed by atoms with van der Waals surface area (Å²) in [6, 6.07) is 0. The van der Waals surface area contributed by atoms with Gasteiger partial charge in [0, 0.05) is 19.3 Å². The third-order valence-corrected chi connectivity index (χ3v) is 2.86. The molecular formula is C8H9NO2. The predicted octanol–water partition coefficient (Wildman–Crippen LogP) is 1.00. The van der Waals surface area contributed by atoms with Crippen LogP contribution < -0.4 is 0 Å². The third kappa shape index (κ3) is 0.555. The highest BCUT2D eigenvalue weighted by molar-refractivity contribution is 5.82. The molecular weight excluding hydrogens is 142 g/mol. The lowest BCUT2D eigenvalue weighted by atomic mass is 9.40. The molecule has 3 saturated carbocycles. The number of hydrogen-bond donors (Lipinski definition) is 0. The average Bonchev–Trinajstić information content (AvgIpc) is 1.83. The van der Waals surface area contributed by atoms with E-state index in [0.717, 1.165) is 19.3 Å². The Balaban J connectivity index is 2.05. The summed E-state index contributed by atoms with van der Waals surface area (Å²) in [5.41, 5.74) is -0.395. The average molecular weight is 151 g/mol. The van der Waals surface area contributed by atoms with Gasteiger partial charge in [-0.1, -0.05) is 0 Å². The quantitative estimate of drug-likeness (QED) is 0.413. The van der Waals surface area contributed by atoms with Gasteiger partial charge in [0.2, 0.25) is 5.54 Å². The van der Waals surface area contributed by atoms with Crippen molar-refractivity contribution in [3.8, 4) is 0 Å². The van der Waals surface area contributed by atoms with E-state index in [2.05, 4.69) is 9.58 Å². The van der Waals surface area contributed by atoms with Crippen molar-refractivity contribution in [1.29, 1.82) is 0 Å². The highest BCUT2D eigenvalue weighted by Crippen LogP contribution is 2.69. The Morgan fingerprint density at radius 2 is 2.09 bits per heavy atom. The van der Waals surface area contributed by atoms with Crippen molar-refractivity contribution in [3.63, 3.8) is 0 Å². The van der Waals surface area contributed by atoms with Crippen molar-refractivity contribution in [2.45, 2.75) is 24.8 Å². The fraction of sp³-hybridized carbons (Fsp3) is 0.750. The summed E-state index contributed by atoms with van der Waals surface area (Å²) in [5, 5.41) is 0. The van der Waals surface area contributed by atoms with E-state index in [4.69, 9.17) is 6.57 Å². The van der Waals surface area contributed by atoms with Gasteiger partial charge in [0.25, 0.3) is 0 Å². The third-order valence-electron chi connectivity index (χ3n) is 2.86. The smallest absolute Gasteiger partial charge is 0.312 e. The molecule has 11 heavy (non-hydrogen) atoms. The van der Waals surface area contributed by atoms with Gasteiger partial charge in [-0.3, -0.25) is 4.79 Å². The maximum absolute atomic E-state index is 11.1. The van der Waals surface area contributed by atoms with E-state index in [1.54, 1.807) is 0 Å². The lowest BCUT2D eigenvalue weighted by molar-refractivity contribution is -0.187. The normalized spacial score (nSPS) is 44.7. The molecule has 0 saturated heterocycles. The molecule has 0 aromatic rings. The Kier molecular flexibility index (Phi) is 0.956. The van der Waals surface area contributed by atoms with Gasteiger partial charge in [-0.05, 0) is 0 Å². The summed E-state index contributed by atoms with van der Waals surface area (Å²) in [6.07, 6.45) is 2.20. The number of hydrogen-bond acceptors (Lipinski definition) is 2. The lowest BCUT2D eigenvalue weighted by Crippen LogP contribution is -2.68. The zero-order valence-electron chi connectivity index (χ0n) is 6.39. The first-order chi connectivity index (χ1) is 5.16. The minimum Gasteiger partial charge on any atom is -0.469 e. The van der Waals surface area contributed by atoms with E-state index < -0.39 is 0 Å². The first-order valence-corrected chi connectivity index (χ1v) is 3.64. The monoisotopic (exact) mass is 151 g/mol. The molecule has 0 aromatic heterocycles. The molecule has 0 aliphatic heterocycles. The Morgan fingerprint density at radius 3 is 2.45 bits per heavy atom. The molecule has 3 rings (SSSR count). The summed E-state index contributed by atoms with van der Waals surface area (Å²) < 4.78 is 4.64. The number of carbonyl (C=O) groups excluding carboxylic acids is 1. The standard InChI is InChI=1S/C8H9NO2/c1-9-8-3-7(4-8,5-8)6(10)11-2/h3-5H2,2H3. The lowest BCUT2D eigenvalue weighted by Gasteiger charge is -2.59. The predicted molar refractivity (Wildman–Crippen MR) is 37.6 cm³/mol. The Morgan fingerprint density at radius 1 is 1.55 bits per heavy atom. The van der Waals surface area contributed by atoms with Gasteiger partial charge < -0.3 is 9.58 Å². The first kappa shape index (κ1) is 6.66. The number of carbonyl (C=O) groups is 1. The maximum Gasteiger partial charge on any atom is 0.312 e. The highest BCUT2D eigenvalue weighted by Gasteiger charge is 2.78. The number of ether oxygens (including phenoxy) is 1. The molecule has 3 nitrogen and oxygen atoms in total. The minimum absolute atomic E-state index is 0.122. The highest BCUT2D eigenvalue weighted by atomic mass is 16.5. The molecule has 0 radical (unpaired) electrons. The van der Waals surface area contributed by atoms with Crippen LogP contribution in [0.4, 0.5) is 0 Å². The molecule has 0 N–H and O–H groups in total. The van der Waals surface area contributed by atoms with E-state index in [-0.39, 0.29) is 16.9 Å². The fourth-order valence-electron chi connectivity index (χ4n) is 2.29. The topological polar surface area (TPSA) is 30.7 Å². The van der Waals surface area contributed by atoms with Gasteiger partial charge in [0.15, 0.2) is 0 Å². The van der Waals surface area contributed by atoms with Crippen LogP contribution >= 0.6 is 0 Å². The van der Waals surface area contributed by atoms with Crippen LogP contribution in [0, 0.1) is 12.0 Å². The summed E-state index contributed by atoms with van der Waals surface area (Å²) in [7, 11) is 1.41. The van der Waals surface area contributed by atoms with Gasteiger partial charge in [-0.25, -0.2) is 6.57 Å². The zero-order chi connectivity index (χ0) is 8.11. The molecule has 0 amide bonds. The van der Waals surface area contributed by atoms with Crippen LogP contribution in [0.3, 0.4) is 0 Å². The van der Waals surface area contributed by atoms with Crippen molar-refractivity contribution >= 4 is 5.97 Å². The van der Waals surface area contributed by atoms with E-state index in [1.807, 2.05) is 0 Å². The summed E-state index contributed by atoms with van der Waals surface area (Å²) in [6.45, 7) is 6.85. The molecule has 3 fully saturated rings. The van der Waals surface area contributed by atoms with E-state index in [9.17, 15) is 4.79 Å². The minimum atomic E-state index is -0.237. The Bertz CT molecular complexity index is 244. The molecule has 0 heterocycles. The number of methoxy groups -OCH3 is 1. The van der Waals surface area contributed by atoms with Crippen molar-refractivity contribution in [1.82, 2.24) is 0 Å². The van der Waals surface area contributed by atoms with Crippen LogP contribution in [0.15, 0.2) is 0 Å². The van der Waals surface area contributed by atoms with Crippen LogP contribution in [0.1, 0.15) is 19.3 Å². The van der Waals surface area contributed by atoms with Gasteiger partial charge in [-0.15, -0.1) is 0 Å². The maximum atomic E-state index is 11.1. The largest absolute Gasteiger partial charge is 0.469 e. The second-order valence-corrected chi connectivity index (χ2v) is 3.64. The van der Waals surface area contributed by atoms with Gasteiger partial charge in [-0.2, -0.15) is 0 Å². The van der Waals surface area contributed by atoms with E-state index in [0.29, 0.717) is 0 Å². The Hall–Kier alpha value is -1.04. The molecule has 0 unspecified atom stereocenters. The summed E-state index contributed by atoms with van der Waals surface area (Å²) in [5.74, 6) is -0.122. The van der Waals surface area contributed by atoms with E-state index in [1.165, 1.54) is 7.11 Å². The van der Waals surface area contributed by atoms with Crippen LogP contribution in [0.25, 0.3) is 4.85 Å². The molecule has 58 valence electrons. The number of esters is 1. The molecule has 2 bridgehead atoms. The van der Waals surface area contributed by atoms with E-state index >= 15 is 0 Å². The molecule has 0 spiro atoms. The SMILES string of the molecule is [C-]#[N+]C12CC(C(=O)OC)(C1)C2. The second-order valence-electron chi connectivity index (χ2n) is 3.64. The molecule has 3 heteroatoms. The van der Waals surface area contributed by atoms with Gasteiger partial charge >= 0.3 is 5.97 Å². The van der Waals surface area contributed by atoms with Crippen LogP contribution in [-0.2, 0) is 9.53 Å².